The summed E-state index contributed by atoms with van der Waals surface area (Å²) in [7, 11) is 0. The average Bonchev–Trinajstić information content (AvgIpc) is 2.78. The Morgan fingerprint density at radius 1 is 1.42 bits per heavy atom. The molecule has 1 heterocycles. The average molecular weight is 340 g/mol. The van der Waals surface area contributed by atoms with Crippen molar-refractivity contribution in [1.29, 1.82) is 0 Å². The molecule has 0 unspecified atom stereocenters. The van der Waals surface area contributed by atoms with Crippen LogP contribution in [0.25, 0.3) is 10.6 Å². The lowest BCUT2D eigenvalue weighted by Crippen LogP contribution is -2.28. The molecule has 0 aliphatic carbocycles. The predicted octanol–water partition coefficient (Wildman–Crippen LogP) is 4.24. The largest absolute Gasteiger partial charge is 0.481 e. The van der Waals surface area contributed by atoms with Crippen molar-refractivity contribution in [2.45, 2.75) is 26.2 Å². The lowest BCUT2D eigenvalue weighted by molar-refractivity contribution is -0.142. The summed E-state index contributed by atoms with van der Waals surface area (Å²) >= 11 is 4.99. The second-order valence-corrected chi connectivity index (χ2v) is 6.66. The highest BCUT2D eigenvalue weighted by atomic mass is 79.9. The van der Waals surface area contributed by atoms with E-state index in [0.29, 0.717) is 5.69 Å². The van der Waals surface area contributed by atoms with E-state index in [4.69, 9.17) is 0 Å². The summed E-state index contributed by atoms with van der Waals surface area (Å²) in [6.07, 6.45) is 0. The van der Waals surface area contributed by atoms with Crippen LogP contribution in [0.4, 0.5) is 0 Å². The van der Waals surface area contributed by atoms with Crippen LogP contribution >= 0.6 is 27.3 Å². The van der Waals surface area contributed by atoms with Crippen molar-refractivity contribution in [3.63, 3.8) is 0 Å². The Morgan fingerprint density at radius 3 is 2.68 bits per heavy atom. The Balaban J connectivity index is 2.44. The van der Waals surface area contributed by atoms with E-state index >= 15 is 0 Å². The number of carbonyl (C=O) groups is 1. The van der Waals surface area contributed by atoms with Crippen LogP contribution in [-0.2, 0) is 10.2 Å². The predicted molar refractivity (Wildman–Crippen MR) is 80.6 cm³/mol. The molecule has 0 amide bonds. The number of benzene rings is 1. The van der Waals surface area contributed by atoms with Crippen LogP contribution in [0.1, 0.15) is 25.1 Å². The van der Waals surface area contributed by atoms with Crippen molar-refractivity contribution in [3.8, 4) is 10.6 Å². The summed E-state index contributed by atoms with van der Waals surface area (Å²) in [6, 6.07) is 6.04. The topological polar surface area (TPSA) is 50.2 Å². The van der Waals surface area contributed by atoms with Crippen molar-refractivity contribution in [2.75, 3.05) is 0 Å². The minimum absolute atomic E-state index is 0.590. The van der Waals surface area contributed by atoms with Crippen molar-refractivity contribution < 1.29 is 9.90 Å². The number of halogens is 1. The number of aromatic nitrogens is 1. The molecule has 0 saturated carbocycles. The molecule has 0 aliphatic heterocycles. The third kappa shape index (κ3) is 2.72. The van der Waals surface area contributed by atoms with Crippen LogP contribution < -0.4 is 0 Å². The Labute approximate surface area is 124 Å². The van der Waals surface area contributed by atoms with Crippen LogP contribution in [0.5, 0.6) is 0 Å². The standard InChI is InChI=1S/C14H14BrNO2S/c1-8-4-5-9(10(15)6-8)12-16-11(7-19-12)14(2,3)13(17)18/h4-7H,1-3H3,(H,17,18). The molecular formula is C14H14BrNO2S. The zero-order valence-corrected chi connectivity index (χ0v) is 13.3. The van der Waals surface area contributed by atoms with Crippen LogP contribution in [0, 0.1) is 6.92 Å². The van der Waals surface area contributed by atoms with Gasteiger partial charge in [-0.1, -0.05) is 28.1 Å². The fourth-order valence-electron chi connectivity index (χ4n) is 1.59. The van der Waals surface area contributed by atoms with Crippen molar-refractivity contribution in [1.82, 2.24) is 4.98 Å². The third-order valence-electron chi connectivity index (χ3n) is 3.03. The molecule has 5 heteroatoms. The monoisotopic (exact) mass is 339 g/mol. The molecule has 2 aromatic rings. The second-order valence-electron chi connectivity index (χ2n) is 4.95. The van der Waals surface area contributed by atoms with E-state index in [-0.39, 0.29) is 0 Å². The number of thiazole rings is 1. The summed E-state index contributed by atoms with van der Waals surface area (Å²) in [5, 5.41) is 11.9. The van der Waals surface area contributed by atoms with Gasteiger partial charge >= 0.3 is 5.97 Å². The number of nitrogens with zero attached hydrogens (tertiary/aromatic N) is 1. The minimum atomic E-state index is -0.966. The zero-order valence-electron chi connectivity index (χ0n) is 10.9. The van der Waals surface area contributed by atoms with Crippen LogP contribution in [-0.4, -0.2) is 16.1 Å². The first kappa shape index (κ1) is 14.2. The van der Waals surface area contributed by atoms with Gasteiger partial charge in [-0.15, -0.1) is 11.3 Å². The molecule has 0 spiro atoms. The number of aliphatic carboxylic acids is 1. The van der Waals surface area contributed by atoms with Gasteiger partial charge in [-0.3, -0.25) is 4.79 Å². The smallest absolute Gasteiger partial charge is 0.315 e. The van der Waals surface area contributed by atoms with Gasteiger partial charge in [0.05, 0.1) is 5.69 Å². The van der Waals surface area contributed by atoms with Gasteiger partial charge in [0.15, 0.2) is 0 Å². The quantitative estimate of drug-likeness (QED) is 0.909. The molecular weight excluding hydrogens is 326 g/mol. The van der Waals surface area contributed by atoms with Crippen LogP contribution in [0.3, 0.4) is 0 Å². The maximum absolute atomic E-state index is 11.2. The number of aryl methyl sites for hydroxylation is 1. The van der Waals surface area contributed by atoms with Gasteiger partial charge in [0.2, 0.25) is 0 Å². The van der Waals surface area contributed by atoms with E-state index in [0.717, 1.165) is 15.0 Å². The van der Waals surface area contributed by atoms with Crippen molar-refractivity contribution >= 4 is 33.2 Å². The van der Waals surface area contributed by atoms with Gasteiger partial charge in [0.25, 0.3) is 0 Å². The Bertz CT molecular complexity index is 634. The third-order valence-corrected chi connectivity index (χ3v) is 4.57. The molecule has 1 aromatic heterocycles. The zero-order chi connectivity index (χ0) is 14.2. The maximum atomic E-state index is 11.2. The molecule has 0 bridgehead atoms. The van der Waals surface area contributed by atoms with Gasteiger partial charge in [-0.25, -0.2) is 4.98 Å². The van der Waals surface area contributed by atoms with Crippen LogP contribution in [0.2, 0.25) is 0 Å². The highest BCUT2D eigenvalue weighted by Crippen LogP contribution is 2.34. The van der Waals surface area contributed by atoms with Gasteiger partial charge in [-0.2, -0.15) is 0 Å². The molecule has 1 aromatic carbocycles. The molecule has 3 nitrogen and oxygen atoms in total. The fourth-order valence-corrected chi connectivity index (χ4v) is 3.43. The number of hydrogen-bond donors (Lipinski definition) is 1. The second kappa shape index (κ2) is 5.06. The minimum Gasteiger partial charge on any atom is -0.481 e. The van der Waals surface area contributed by atoms with E-state index in [1.54, 1.807) is 13.8 Å². The van der Waals surface area contributed by atoms with E-state index in [2.05, 4.69) is 20.9 Å². The van der Waals surface area contributed by atoms with E-state index < -0.39 is 11.4 Å². The molecule has 2 rings (SSSR count). The summed E-state index contributed by atoms with van der Waals surface area (Å²) in [6.45, 7) is 5.35. The Hall–Kier alpha value is -1.20. The lowest BCUT2D eigenvalue weighted by Gasteiger charge is -2.15. The first-order valence-corrected chi connectivity index (χ1v) is 7.45. The summed E-state index contributed by atoms with van der Waals surface area (Å²) in [5.74, 6) is -0.868. The van der Waals surface area contributed by atoms with Crippen molar-refractivity contribution in [3.05, 3.63) is 39.3 Å². The first-order chi connectivity index (χ1) is 8.82. The molecule has 0 aliphatic rings. The van der Waals surface area contributed by atoms with Crippen LogP contribution in [0.15, 0.2) is 28.1 Å². The molecule has 1 N–H and O–H groups in total. The van der Waals surface area contributed by atoms with E-state index in [9.17, 15) is 9.90 Å². The van der Waals surface area contributed by atoms with Gasteiger partial charge in [-0.05, 0) is 32.4 Å². The fraction of sp³-hybridized carbons (Fsp3) is 0.286. The number of carboxylic acids is 1. The maximum Gasteiger partial charge on any atom is 0.315 e. The molecule has 0 radical (unpaired) electrons. The Morgan fingerprint density at radius 2 is 2.11 bits per heavy atom. The SMILES string of the molecule is Cc1ccc(-c2nc(C(C)(C)C(=O)O)cs2)c(Br)c1. The van der Waals surface area contributed by atoms with Gasteiger partial charge < -0.3 is 5.11 Å². The number of hydrogen-bond acceptors (Lipinski definition) is 3. The molecule has 0 fully saturated rings. The Kier molecular flexibility index (Phi) is 3.78. The lowest BCUT2D eigenvalue weighted by atomic mass is 9.90. The first-order valence-electron chi connectivity index (χ1n) is 5.78. The highest BCUT2D eigenvalue weighted by molar-refractivity contribution is 9.10. The normalized spacial score (nSPS) is 11.6. The van der Waals surface area contributed by atoms with E-state index in [1.807, 2.05) is 30.5 Å². The van der Waals surface area contributed by atoms with Gasteiger partial charge in [0, 0.05) is 15.4 Å². The molecule has 19 heavy (non-hydrogen) atoms. The number of rotatable bonds is 3. The highest BCUT2D eigenvalue weighted by Gasteiger charge is 2.32. The molecule has 0 atom stereocenters. The molecule has 0 saturated heterocycles. The van der Waals surface area contributed by atoms with Crippen molar-refractivity contribution in [2.24, 2.45) is 0 Å². The van der Waals surface area contributed by atoms with Gasteiger partial charge in [0.1, 0.15) is 10.4 Å². The van der Waals surface area contributed by atoms with E-state index in [1.165, 1.54) is 16.9 Å². The summed E-state index contributed by atoms with van der Waals surface area (Å²) < 4.78 is 0.974. The number of carboxylic acid groups (broad SMARTS) is 1. The molecule has 100 valence electrons. The summed E-state index contributed by atoms with van der Waals surface area (Å²) in [5.41, 5.74) is 1.78. The summed E-state index contributed by atoms with van der Waals surface area (Å²) in [4.78, 5) is 15.7.